The van der Waals surface area contributed by atoms with Crippen molar-refractivity contribution in [2.24, 2.45) is 0 Å². The molecule has 0 saturated heterocycles. The smallest absolute Gasteiger partial charge is 0.293 e. The minimum atomic E-state index is -0.492. The van der Waals surface area contributed by atoms with E-state index in [1.54, 1.807) is 30.3 Å². The second-order valence-electron chi connectivity index (χ2n) is 6.06. The lowest BCUT2D eigenvalue weighted by atomic mass is 10.1. The van der Waals surface area contributed by atoms with Gasteiger partial charge in [0.05, 0.1) is 27.5 Å². The molecule has 10 heteroatoms. The number of benzene rings is 2. The normalized spacial score (nSPS) is 10.9. The number of carbonyl (C=O) groups excluding carboxylic acids is 1. The van der Waals surface area contributed by atoms with Gasteiger partial charge >= 0.3 is 0 Å². The van der Waals surface area contributed by atoms with Crippen LogP contribution in [0.3, 0.4) is 0 Å². The molecule has 0 aliphatic heterocycles. The van der Waals surface area contributed by atoms with Crippen molar-refractivity contribution in [3.63, 3.8) is 0 Å². The Morgan fingerprint density at radius 2 is 1.97 bits per heavy atom. The van der Waals surface area contributed by atoms with Crippen molar-refractivity contribution in [2.75, 3.05) is 5.32 Å². The van der Waals surface area contributed by atoms with Crippen LogP contribution in [0.25, 0.3) is 22.4 Å². The van der Waals surface area contributed by atoms with Gasteiger partial charge in [-0.2, -0.15) is 8.75 Å². The molecule has 0 fully saturated rings. The van der Waals surface area contributed by atoms with Crippen molar-refractivity contribution >= 4 is 74.9 Å². The Labute approximate surface area is 185 Å². The number of anilines is 1. The van der Waals surface area contributed by atoms with Crippen molar-refractivity contribution in [2.45, 2.75) is 6.92 Å². The van der Waals surface area contributed by atoms with Crippen molar-refractivity contribution < 1.29 is 9.21 Å². The number of carbonyl (C=O) groups is 1. The van der Waals surface area contributed by atoms with Gasteiger partial charge in [-0.15, -0.1) is 0 Å². The summed E-state index contributed by atoms with van der Waals surface area (Å²) >= 11 is 18.6. The van der Waals surface area contributed by atoms with E-state index in [-0.39, 0.29) is 10.9 Å². The van der Waals surface area contributed by atoms with E-state index in [2.05, 4.69) is 19.4 Å². The number of hydrogen-bond acceptors (Lipinski definition) is 6. The Kier molecular flexibility index (Phi) is 5.51. The third-order valence-corrected chi connectivity index (χ3v) is 5.71. The fourth-order valence-electron chi connectivity index (χ4n) is 2.72. The standard InChI is InChI=1S/C19H12Cl2N4O2S2/c1-9-5-6-12-17(25-29-24-12)16(9)22-19(28)23-18(26)14-8-7-13(27-14)10-3-2-4-11(20)15(10)21/h2-8H,1H3,(H2,22,23,26,28). The average molecular weight is 463 g/mol. The number of halogens is 2. The molecule has 0 radical (unpaired) electrons. The Morgan fingerprint density at radius 3 is 2.79 bits per heavy atom. The molecule has 2 aromatic heterocycles. The van der Waals surface area contributed by atoms with Gasteiger partial charge in [0.15, 0.2) is 10.9 Å². The molecule has 0 atom stereocenters. The first-order chi connectivity index (χ1) is 13.9. The Hall–Kier alpha value is -2.52. The van der Waals surface area contributed by atoms with Crippen molar-refractivity contribution in [1.82, 2.24) is 14.1 Å². The van der Waals surface area contributed by atoms with Gasteiger partial charge in [0.1, 0.15) is 16.8 Å². The summed E-state index contributed by atoms with van der Waals surface area (Å²) < 4.78 is 14.1. The highest BCUT2D eigenvalue weighted by Crippen LogP contribution is 2.34. The van der Waals surface area contributed by atoms with Crippen LogP contribution in [0.2, 0.25) is 10.0 Å². The third-order valence-electron chi connectivity index (χ3n) is 4.15. The fourth-order valence-corrected chi connectivity index (χ4v) is 3.85. The van der Waals surface area contributed by atoms with Gasteiger partial charge in [0, 0.05) is 5.56 Å². The number of aryl methyl sites for hydroxylation is 1. The molecule has 0 unspecified atom stereocenters. The third kappa shape index (κ3) is 3.97. The van der Waals surface area contributed by atoms with Gasteiger partial charge in [0.2, 0.25) is 0 Å². The molecule has 4 rings (SSSR count). The molecule has 4 aromatic rings. The van der Waals surface area contributed by atoms with E-state index in [0.29, 0.717) is 32.6 Å². The monoisotopic (exact) mass is 462 g/mol. The molecule has 2 N–H and O–H groups in total. The molecule has 0 aliphatic rings. The molecule has 0 aliphatic carbocycles. The minimum absolute atomic E-state index is 0.0884. The van der Waals surface area contributed by atoms with Crippen LogP contribution in [0.4, 0.5) is 5.69 Å². The van der Waals surface area contributed by atoms with Gasteiger partial charge in [-0.1, -0.05) is 35.3 Å². The Bertz CT molecular complexity index is 1250. The zero-order valence-electron chi connectivity index (χ0n) is 14.8. The highest BCUT2D eigenvalue weighted by atomic mass is 35.5. The van der Waals surface area contributed by atoms with E-state index in [1.807, 2.05) is 19.1 Å². The van der Waals surface area contributed by atoms with Crippen LogP contribution in [0.1, 0.15) is 16.1 Å². The largest absolute Gasteiger partial charge is 0.451 e. The van der Waals surface area contributed by atoms with E-state index in [0.717, 1.165) is 22.8 Å². The maximum atomic E-state index is 12.5. The molecule has 6 nitrogen and oxygen atoms in total. The minimum Gasteiger partial charge on any atom is -0.451 e. The van der Waals surface area contributed by atoms with E-state index in [1.165, 1.54) is 0 Å². The number of nitrogens with one attached hydrogen (secondary N) is 2. The van der Waals surface area contributed by atoms with Crippen molar-refractivity contribution in [1.29, 1.82) is 0 Å². The first-order valence-corrected chi connectivity index (χ1v) is 10.2. The number of rotatable bonds is 3. The molecule has 1 amide bonds. The first kappa shape index (κ1) is 19.8. The van der Waals surface area contributed by atoms with Gasteiger partial charge < -0.3 is 9.73 Å². The number of nitrogens with zero attached hydrogens (tertiary/aromatic N) is 2. The van der Waals surface area contributed by atoms with Crippen LogP contribution in [0.5, 0.6) is 0 Å². The van der Waals surface area contributed by atoms with E-state index in [4.69, 9.17) is 39.8 Å². The van der Waals surface area contributed by atoms with Gasteiger partial charge in [-0.3, -0.25) is 10.1 Å². The predicted octanol–water partition coefficient (Wildman–Crippen LogP) is 5.69. The van der Waals surface area contributed by atoms with E-state index < -0.39 is 5.91 Å². The predicted molar refractivity (Wildman–Crippen MR) is 120 cm³/mol. The second-order valence-corrected chi connectivity index (χ2v) is 7.78. The van der Waals surface area contributed by atoms with Crippen LogP contribution in [-0.4, -0.2) is 19.8 Å². The number of fused-ring (bicyclic) bond motifs is 1. The maximum absolute atomic E-state index is 12.5. The lowest BCUT2D eigenvalue weighted by Gasteiger charge is -2.11. The van der Waals surface area contributed by atoms with Crippen LogP contribution in [0, 0.1) is 6.92 Å². The summed E-state index contributed by atoms with van der Waals surface area (Å²) in [4.78, 5) is 12.5. The zero-order valence-corrected chi connectivity index (χ0v) is 18.0. The summed E-state index contributed by atoms with van der Waals surface area (Å²) in [6.07, 6.45) is 0. The fraction of sp³-hybridized carbons (Fsp3) is 0.0526. The summed E-state index contributed by atoms with van der Waals surface area (Å²) in [6.45, 7) is 1.92. The molecular weight excluding hydrogens is 451 g/mol. The van der Waals surface area contributed by atoms with Crippen LogP contribution in [0.15, 0.2) is 46.9 Å². The molecule has 0 saturated carbocycles. The SMILES string of the molecule is Cc1ccc2nsnc2c1NC(=S)NC(=O)c1ccc(-c2cccc(Cl)c2Cl)o1. The summed E-state index contributed by atoms with van der Waals surface area (Å²) in [6, 6.07) is 12.2. The van der Waals surface area contributed by atoms with Crippen molar-refractivity contribution in [3.8, 4) is 11.3 Å². The second kappa shape index (κ2) is 8.08. The maximum Gasteiger partial charge on any atom is 0.293 e. The summed E-state index contributed by atoms with van der Waals surface area (Å²) in [5.74, 6) is 0.0225. The molecule has 0 bridgehead atoms. The van der Waals surface area contributed by atoms with Crippen LogP contribution >= 0.6 is 47.1 Å². The van der Waals surface area contributed by atoms with Gasteiger partial charge in [-0.25, -0.2) is 0 Å². The summed E-state index contributed by atoms with van der Waals surface area (Å²) in [7, 11) is 0. The molecule has 146 valence electrons. The zero-order chi connectivity index (χ0) is 20.5. The first-order valence-electron chi connectivity index (χ1n) is 8.32. The van der Waals surface area contributed by atoms with E-state index in [9.17, 15) is 4.79 Å². The number of amides is 1. The van der Waals surface area contributed by atoms with Crippen LogP contribution in [-0.2, 0) is 0 Å². The molecular formula is C19H12Cl2N4O2S2. The number of aromatic nitrogens is 2. The summed E-state index contributed by atoms with van der Waals surface area (Å²) in [5.41, 5.74) is 3.68. The van der Waals surface area contributed by atoms with Gasteiger partial charge in [-0.05, 0) is 55.0 Å². The lowest BCUT2D eigenvalue weighted by molar-refractivity contribution is 0.0951. The van der Waals surface area contributed by atoms with Crippen molar-refractivity contribution in [3.05, 3.63) is 63.8 Å². The quantitative estimate of drug-likeness (QED) is 0.380. The Morgan fingerprint density at radius 1 is 1.14 bits per heavy atom. The van der Waals surface area contributed by atoms with Crippen LogP contribution < -0.4 is 10.6 Å². The number of furan rings is 1. The topological polar surface area (TPSA) is 80.0 Å². The lowest BCUT2D eigenvalue weighted by Crippen LogP contribution is -2.34. The molecule has 0 spiro atoms. The number of hydrogen-bond donors (Lipinski definition) is 2. The highest BCUT2D eigenvalue weighted by Gasteiger charge is 2.17. The average Bonchev–Trinajstić information content (AvgIpc) is 3.36. The molecule has 2 heterocycles. The molecule has 2 aromatic carbocycles. The summed E-state index contributed by atoms with van der Waals surface area (Å²) in [5, 5.41) is 6.50. The Balaban J connectivity index is 1.50. The van der Waals surface area contributed by atoms with Gasteiger partial charge in [0.25, 0.3) is 5.91 Å². The highest BCUT2D eigenvalue weighted by molar-refractivity contribution is 7.80. The number of thiocarbonyl (C=S) groups is 1. The molecule has 29 heavy (non-hydrogen) atoms. The van der Waals surface area contributed by atoms with E-state index >= 15 is 0 Å².